The molecule has 0 bridgehead atoms. The van der Waals surface area contributed by atoms with E-state index in [0.29, 0.717) is 11.3 Å². The largest absolute Gasteiger partial charge is 0.497 e. The van der Waals surface area contributed by atoms with E-state index in [4.69, 9.17) is 9.47 Å². The number of nitrogens with one attached hydrogen (secondary N) is 1. The van der Waals surface area contributed by atoms with E-state index < -0.39 is 5.72 Å². The van der Waals surface area contributed by atoms with Crippen molar-refractivity contribution in [1.82, 2.24) is 15.2 Å². The number of piperidine rings is 1. The van der Waals surface area contributed by atoms with Crippen LogP contribution >= 0.6 is 11.3 Å². The summed E-state index contributed by atoms with van der Waals surface area (Å²) in [5, 5.41) is 8.19. The van der Waals surface area contributed by atoms with E-state index in [9.17, 15) is 4.79 Å². The zero-order valence-electron chi connectivity index (χ0n) is 15.6. The molecule has 7 heteroatoms. The summed E-state index contributed by atoms with van der Waals surface area (Å²) < 4.78 is 11.9. The second-order valence-electron chi connectivity index (χ2n) is 7.28. The molecule has 2 aliphatic heterocycles. The normalized spacial score (nSPS) is 18.5. The number of hydrogen-bond donors (Lipinski definition) is 1. The number of nitrogens with zero attached hydrogens (tertiary/aromatic N) is 2. The number of carbonyl (C=O) groups is 1. The van der Waals surface area contributed by atoms with Gasteiger partial charge >= 0.3 is 0 Å². The summed E-state index contributed by atoms with van der Waals surface area (Å²) in [7, 11) is 1.64. The van der Waals surface area contributed by atoms with Crippen LogP contribution in [-0.2, 0) is 6.54 Å². The average Bonchev–Trinajstić information content (AvgIpc) is 3.22. The van der Waals surface area contributed by atoms with E-state index in [-0.39, 0.29) is 5.91 Å². The van der Waals surface area contributed by atoms with Crippen molar-refractivity contribution < 1.29 is 14.3 Å². The molecule has 5 rings (SSSR count). The van der Waals surface area contributed by atoms with Gasteiger partial charge in [0.25, 0.3) is 5.91 Å². The molecule has 1 spiro atoms. The second kappa shape index (κ2) is 6.76. The van der Waals surface area contributed by atoms with Crippen LogP contribution < -0.4 is 14.8 Å². The third kappa shape index (κ3) is 3.00. The highest BCUT2D eigenvalue weighted by Crippen LogP contribution is 2.39. The Morgan fingerprint density at radius 1 is 1.29 bits per heavy atom. The first-order valence-electron chi connectivity index (χ1n) is 9.39. The van der Waals surface area contributed by atoms with E-state index >= 15 is 0 Å². The van der Waals surface area contributed by atoms with Crippen molar-refractivity contribution >= 4 is 28.0 Å². The summed E-state index contributed by atoms with van der Waals surface area (Å²) in [4.78, 5) is 19.6. The number of amides is 1. The third-order valence-corrected chi connectivity index (χ3v) is 6.33. The predicted octanol–water partition coefficient (Wildman–Crippen LogP) is 3.42. The lowest BCUT2D eigenvalue weighted by atomic mass is 9.95. The number of fused-ring (bicyclic) bond motifs is 3. The van der Waals surface area contributed by atoms with Gasteiger partial charge in [-0.25, -0.2) is 4.98 Å². The maximum absolute atomic E-state index is 12.9. The Bertz CT molecular complexity index is 1030. The maximum Gasteiger partial charge on any atom is 0.258 e. The lowest BCUT2D eigenvalue weighted by Gasteiger charge is -2.44. The third-order valence-electron chi connectivity index (χ3n) is 5.57. The zero-order chi connectivity index (χ0) is 19.1. The van der Waals surface area contributed by atoms with Gasteiger partial charge in [-0.05, 0) is 23.6 Å². The minimum atomic E-state index is -0.652. The Hall–Kier alpha value is -2.64. The second-order valence-corrected chi connectivity index (χ2v) is 8.26. The Morgan fingerprint density at radius 3 is 2.86 bits per heavy atom. The zero-order valence-corrected chi connectivity index (χ0v) is 16.4. The first-order valence-corrected chi connectivity index (χ1v) is 10.3. The monoisotopic (exact) mass is 395 g/mol. The van der Waals surface area contributed by atoms with Crippen LogP contribution in [0.15, 0.2) is 41.9 Å². The summed E-state index contributed by atoms with van der Waals surface area (Å²) in [6.07, 6.45) is 3.32. The number of likely N-dealkylation sites (tertiary alicyclic amines) is 1. The molecule has 1 fully saturated rings. The molecule has 1 aromatic heterocycles. The molecule has 144 valence electrons. The molecule has 3 aromatic rings. The summed E-state index contributed by atoms with van der Waals surface area (Å²) in [5.74, 6) is 1.34. The van der Waals surface area contributed by atoms with Gasteiger partial charge in [0, 0.05) is 42.9 Å². The van der Waals surface area contributed by atoms with Gasteiger partial charge in [-0.1, -0.05) is 12.1 Å². The van der Waals surface area contributed by atoms with Crippen molar-refractivity contribution in [2.24, 2.45) is 0 Å². The number of benzene rings is 2. The molecule has 6 nitrogen and oxygen atoms in total. The molecule has 0 saturated carbocycles. The number of ether oxygens (including phenoxy) is 2. The van der Waals surface area contributed by atoms with Crippen LogP contribution in [-0.4, -0.2) is 41.7 Å². The minimum Gasteiger partial charge on any atom is -0.497 e. The highest BCUT2D eigenvalue weighted by atomic mass is 32.1. The SMILES string of the molecule is COc1ccc2ccc3c(c2c1)OC1(CCN(Cc2nccs2)CC1)NC3=O. The first-order chi connectivity index (χ1) is 13.7. The van der Waals surface area contributed by atoms with Crippen molar-refractivity contribution in [3.05, 3.63) is 52.5 Å². The number of methoxy groups -OCH3 is 1. The summed E-state index contributed by atoms with van der Waals surface area (Å²) in [5.41, 5.74) is -0.0718. The molecule has 0 aliphatic carbocycles. The molecule has 1 saturated heterocycles. The molecule has 0 radical (unpaired) electrons. The Morgan fingerprint density at radius 2 is 2.11 bits per heavy atom. The van der Waals surface area contributed by atoms with Crippen LogP contribution in [0.4, 0.5) is 0 Å². The van der Waals surface area contributed by atoms with Gasteiger partial charge in [0.15, 0.2) is 5.72 Å². The van der Waals surface area contributed by atoms with Crippen molar-refractivity contribution in [3.8, 4) is 11.5 Å². The molecule has 1 N–H and O–H groups in total. The maximum atomic E-state index is 12.9. The molecule has 2 aromatic carbocycles. The van der Waals surface area contributed by atoms with Gasteiger partial charge < -0.3 is 14.8 Å². The molecular weight excluding hydrogens is 374 g/mol. The van der Waals surface area contributed by atoms with Crippen LogP contribution in [0.5, 0.6) is 11.5 Å². The topological polar surface area (TPSA) is 63.7 Å². The summed E-state index contributed by atoms with van der Waals surface area (Å²) in [6, 6.07) is 9.64. The predicted molar refractivity (Wildman–Crippen MR) is 108 cm³/mol. The van der Waals surface area contributed by atoms with E-state index in [0.717, 1.165) is 54.0 Å². The highest BCUT2D eigenvalue weighted by molar-refractivity contribution is 7.09. The fourth-order valence-electron chi connectivity index (χ4n) is 4.00. The Balaban J connectivity index is 1.43. The molecular formula is C21H21N3O3S. The Labute approximate surface area is 167 Å². The Kier molecular flexibility index (Phi) is 4.21. The van der Waals surface area contributed by atoms with E-state index in [2.05, 4.69) is 15.2 Å². The first kappa shape index (κ1) is 17.5. The highest BCUT2D eigenvalue weighted by Gasteiger charge is 2.43. The fraction of sp³-hybridized carbons (Fsp3) is 0.333. The van der Waals surface area contributed by atoms with Crippen molar-refractivity contribution in [1.29, 1.82) is 0 Å². The van der Waals surface area contributed by atoms with Crippen LogP contribution in [0.1, 0.15) is 28.2 Å². The number of rotatable bonds is 3. The van der Waals surface area contributed by atoms with Crippen molar-refractivity contribution in [2.45, 2.75) is 25.1 Å². The van der Waals surface area contributed by atoms with Gasteiger partial charge in [-0.15, -0.1) is 11.3 Å². The van der Waals surface area contributed by atoms with Crippen molar-refractivity contribution in [3.63, 3.8) is 0 Å². The molecule has 1 amide bonds. The lowest BCUT2D eigenvalue weighted by molar-refractivity contribution is -0.0293. The van der Waals surface area contributed by atoms with Crippen LogP contribution in [0, 0.1) is 0 Å². The molecule has 0 atom stereocenters. The lowest BCUT2D eigenvalue weighted by Crippen LogP contribution is -2.60. The van der Waals surface area contributed by atoms with Crippen LogP contribution in [0.2, 0.25) is 0 Å². The number of carbonyl (C=O) groups excluding carboxylic acids is 1. The van der Waals surface area contributed by atoms with Gasteiger partial charge in [0.1, 0.15) is 16.5 Å². The fourth-order valence-corrected chi connectivity index (χ4v) is 4.66. The quantitative estimate of drug-likeness (QED) is 0.736. The summed E-state index contributed by atoms with van der Waals surface area (Å²) >= 11 is 1.67. The number of hydrogen-bond acceptors (Lipinski definition) is 6. The van der Waals surface area contributed by atoms with E-state index in [1.54, 1.807) is 18.4 Å². The van der Waals surface area contributed by atoms with Crippen LogP contribution in [0.25, 0.3) is 10.8 Å². The van der Waals surface area contributed by atoms with Crippen molar-refractivity contribution in [2.75, 3.05) is 20.2 Å². The molecule has 0 unspecified atom stereocenters. The van der Waals surface area contributed by atoms with Crippen LogP contribution in [0.3, 0.4) is 0 Å². The smallest absolute Gasteiger partial charge is 0.258 e. The number of aromatic nitrogens is 1. The van der Waals surface area contributed by atoms with Gasteiger partial charge in [0.05, 0.1) is 19.2 Å². The molecule has 3 heterocycles. The standard InChI is InChI=1S/C21H21N3O3S/c1-26-15-4-2-14-3-5-16-19(17(14)12-15)27-21(23-20(16)25)6-9-24(10-7-21)13-18-22-8-11-28-18/h2-5,8,11-12H,6-7,9-10,13H2,1H3,(H,23,25). The average molecular weight is 395 g/mol. The van der Waals surface area contributed by atoms with E-state index in [1.165, 1.54) is 0 Å². The number of thiazole rings is 1. The van der Waals surface area contributed by atoms with E-state index in [1.807, 2.05) is 41.9 Å². The summed E-state index contributed by atoms with van der Waals surface area (Å²) in [6.45, 7) is 2.55. The van der Waals surface area contributed by atoms with Gasteiger partial charge in [-0.2, -0.15) is 0 Å². The van der Waals surface area contributed by atoms with Gasteiger partial charge in [0.2, 0.25) is 0 Å². The minimum absolute atomic E-state index is 0.0701. The van der Waals surface area contributed by atoms with Gasteiger partial charge in [-0.3, -0.25) is 9.69 Å². The molecule has 28 heavy (non-hydrogen) atoms. The molecule has 2 aliphatic rings.